The lowest BCUT2D eigenvalue weighted by Gasteiger charge is -2.31. The number of carbonyl (C=O) groups is 1. The zero-order valence-corrected chi connectivity index (χ0v) is 16.7. The highest BCUT2D eigenvalue weighted by atomic mass is 16.5. The van der Waals surface area contributed by atoms with Crippen LogP contribution in [0.1, 0.15) is 104 Å². The summed E-state index contributed by atoms with van der Waals surface area (Å²) in [6, 6.07) is 0. The van der Waals surface area contributed by atoms with E-state index in [0.717, 1.165) is 31.6 Å². The molecule has 0 aliphatic heterocycles. The Kier molecular flexibility index (Phi) is 9.65. The first-order valence-corrected chi connectivity index (χ1v) is 11.1. The third-order valence-electron chi connectivity index (χ3n) is 6.26. The minimum atomic E-state index is 0.108. The molecule has 2 aliphatic carbocycles. The summed E-state index contributed by atoms with van der Waals surface area (Å²) in [5.41, 5.74) is 0. The topological polar surface area (TPSA) is 26.3 Å². The zero-order chi connectivity index (χ0) is 17.9. The van der Waals surface area contributed by atoms with Crippen molar-refractivity contribution < 1.29 is 9.53 Å². The third kappa shape index (κ3) is 7.54. The van der Waals surface area contributed by atoms with Crippen molar-refractivity contribution in [2.24, 2.45) is 17.8 Å². The highest BCUT2D eigenvalue weighted by molar-refractivity contribution is 5.72. The number of unbranched alkanes of at least 4 members (excludes halogenated alkanes) is 3. The molecule has 2 nitrogen and oxygen atoms in total. The zero-order valence-electron chi connectivity index (χ0n) is 16.7. The fourth-order valence-electron chi connectivity index (χ4n) is 4.48. The van der Waals surface area contributed by atoms with Crippen LogP contribution in [0.5, 0.6) is 0 Å². The van der Waals surface area contributed by atoms with E-state index in [4.69, 9.17) is 4.74 Å². The predicted octanol–water partition coefficient (Wildman–Crippen LogP) is 6.83. The lowest BCUT2D eigenvalue weighted by Crippen LogP contribution is -2.30. The average molecular weight is 349 g/mol. The van der Waals surface area contributed by atoms with Crippen molar-refractivity contribution in [1.29, 1.82) is 0 Å². The van der Waals surface area contributed by atoms with Gasteiger partial charge in [-0.15, -0.1) is 0 Å². The number of carbonyl (C=O) groups excluding carboxylic acids is 1. The van der Waals surface area contributed by atoms with Gasteiger partial charge in [-0.2, -0.15) is 0 Å². The first-order chi connectivity index (χ1) is 12.2. The van der Waals surface area contributed by atoms with Crippen LogP contribution in [-0.4, -0.2) is 12.1 Å². The Morgan fingerprint density at radius 1 is 0.920 bits per heavy atom. The van der Waals surface area contributed by atoms with Crippen LogP contribution >= 0.6 is 0 Å². The van der Waals surface area contributed by atoms with Gasteiger partial charge in [0.25, 0.3) is 0 Å². The molecule has 0 bridgehead atoms. The molecular formula is C23H40O2. The first kappa shape index (κ1) is 20.5. The molecule has 0 unspecified atom stereocenters. The van der Waals surface area contributed by atoms with Gasteiger partial charge in [0.05, 0.1) is 5.92 Å². The predicted molar refractivity (Wildman–Crippen MR) is 105 cm³/mol. The van der Waals surface area contributed by atoms with Gasteiger partial charge in [-0.3, -0.25) is 4.79 Å². The minimum Gasteiger partial charge on any atom is -0.462 e. The van der Waals surface area contributed by atoms with Crippen molar-refractivity contribution in [1.82, 2.24) is 0 Å². The van der Waals surface area contributed by atoms with Crippen LogP contribution in [0, 0.1) is 17.8 Å². The van der Waals surface area contributed by atoms with Crippen LogP contribution in [-0.2, 0) is 9.53 Å². The molecule has 25 heavy (non-hydrogen) atoms. The Morgan fingerprint density at radius 3 is 2.28 bits per heavy atom. The molecule has 0 amide bonds. The maximum Gasteiger partial charge on any atom is 0.309 e. The number of hydrogen-bond donors (Lipinski definition) is 0. The van der Waals surface area contributed by atoms with E-state index < -0.39 is 0 Å². The van der Waals surface area contributed by atoms with E-state index in [1.54, 1.807) is 0 Å². The molecule has 2 saturated carbocycles. The number of rotatable bonds is 9. The first-order valence-electron chi connectivity index (χ1n) is 11.1. The Hall–Kier alpha value is -0.790. The van der Waals surface area contributed by atoms with Gasteiger partial charge in [-0.25, -0.2) is 0 Å². The molecule has 0 aromatic rings. The van der Waals surface area contributed by atoms with Crippen LogP contribution in [0.2, 0.25) is 0 Å². The second-order valence-electron chi connectivity index (χ2n) is 8.40. The second-order valence-corrected chi connectivity index (χ2v) is 8.40. The molecule has 2 fully saturated rings. The smallest absolute Gasteiger partial charge is 0.309 e. The molecule has 0 radical (unpaired) electrons. The summed E-state index contributed by atoms with van der Waals surface area (Å²) in [6.07, 6.45) is 21.8. The Balaban J connectivity index is 1.61. The SMILES string of the molecule is CCCC=C[C@H]1CC[C@H](OC(=O)[C@H]2CC[C@H](CCCCC)CC2)CC1. The van der Waals surface area contributed by atoms with Crippen molar-refractivity contribution in [3.8, 4) is 0 Å². The third-order valence-corrected chi connectivity index (χ3v) is 6.26. The molecule has 144 valence electrons. The normalized spacial score (nSPS) is 30.5. The number of allylic oxidation sites excluding steroid dienone is 2. The highest BCUT2D eigenvalue weighted by Crippen LogP contribution is 2.34. The maximum atomic E-state index is 12.5. The summed E-state index contributed by atoms with van der Waals surface area (Å²) in [4.78, 5) is 12.5. The van der Waals surface area contributed by atoms with Crippen molar-refractivity contribution in [3.63, 3.8) is 0 Å². The Labute approximate surface area is 155 Å². The molecule has 0 spiro atoms. The highest BCUT2D eigenvalue weighted by Gasteiger charge is 2.30. The lowest BCUT2D eigenvalue weighted by atomic mass is 9.79. The Bertz CT molecular complexity index is 385. The summed E-state index contributed by atoms with van der Waals surface area (Å²) in [5, 5.41) is 0. The second kappa shape index (κ2) is 11.8. The van der Waals surface area contributed by atoms with Crippen LogP contribution in [0.25, 0.3) is 0 Å². The van der Waals surface area contributed by atoms with Crippen LogP contribution in [0.4, 0.5) is 0 Å². The standard InChI is InChI=1S/C23H40O2/c1-3-5-7-9-19-11-15-21(16-12-19)23(24)25-22-17-13-20(14-18-22)10-8-6-4-2/h8,10,19-22H,3-7,9,11-18H2,1-2H3/t19-,20-,21-,22-. The van der Waals surface area contributed by atoms with E-state index in [-0.39, 0.29) is 18.0 Å². The van der Waals surface area contributed by atoms with Gasteiger partial charge in [0.2, 0.25) is 0 Å². The largest absolute Gasteiger partial charge is 0.462 e. The van der Waals surface area contributed by atoms with Gasteiger partial charge in [-0.05, 0) is 69.6 Å². The Morgan fingerprint density at radius 2 is 1.64 bits per heavy atom. The molecule has 0 atom stereocenters. The molecule has 0 saturated heterocycles. The van der Waals surface area contributed by atoms with E-state index in [1.807, 2.05) is 0 Å². The van der Waals surface area contributed by atoms with Gasteiger partial charge in [-0.1, -0.05) is 58.1 Å². The lowest BCUT2D eigenvalue weighted by molar-refractivity contribution is -0.157. The molecule has 0 aromatic heterocycles. The summed E-state index contributed by atoms with van der Waals surface area (Å²) in [5.74, 6) is 1.86. The van der Waals surface area contributed by atoms with Gasteiger partial charge in [0.15, 0.2) is 0 Å². The number of hydrogen-bond acceptors (Lipinski definition) is 2. The number of esters is 1. The van der Waals surface area contributed by atoms with E-state index in [2.05, 4.69) is 26.0 Å². The molecule has 0 aromatic carbocycles. The minimum absolute atomic E-state index is 0.108. The molecule has 0 heterocycles. The van der Waals surface area contributed by atoms with Crippen molar-refractivity contribution in [3.05, 3.63) is 12.2 Å². The van der Waals surface area contributed by atoms with Crippen LogP contribution < -0.4 is 0 Å². The van der Waals surface area contributed by atoms with Crippen LogP contribution in [0.15, 0.2) is 12.2 Å². The summed E-state index contributed by atoms with van der Waals surface area (Å²) < 4.78 is 5.88. The van der Waals surface area contributed by atoms with Gasteiger partial charge in [0, 0.05) is 0 Å². The van der Waals surface area contributed by atoms with E-state index in [0.29, 0.717) is 5.92 Å². The summed E-state index contributed by atoms with van der Waals surface area (Å²) in [7, 11) is 0. The molecule has 2 aliphatic rings. The van der Waals surface area contributed by atoms with E-state index in [9.17, 15) is 4.79 Å². The fraction of sp³-hybridized carbons (Fsp3) is 0.870. The fourth-order valence-corrected chi connectivity index (χ4v) is 4.48. The van der Waals surface area contributed by atoms with Gasteiger partial charge in [0.1, 0.15) is 6.10 Å². The molecule has 2 rings (SSSR count). The average Bonchev–Trinajstić information content (AvgIpc) is 2.64. The monoisotopic (exact) mass is 348 g/mol. The van der Waals surface area contributed by atoms with Crippen molar-refractivity contribution >= 4 is 5.97 Å². The maximum absolute atomic E-state index is 12.5. The van der Waals surface area contributed by atoms with Crippen molar-refractivity contribution in [2.75, 3.05) is 0 Å². The molecule has 0 N–H and O–H groups in total. The van der Waals surface area contributed by atoms with Crippen molar-refractivity contribution in [2.45, 2.75) is 110 Å². The molecule has 2 heteroatoms. The quantitative estimate of drug-likeness (QED) is 0.259. The summed E-state index contributed by atoms with van der Waals surface area (Å²) in [6.45, 7) is 4.49. The van der Waals surface area contributed by atoms with Gasteiger partial charge < -0.3 is 4.74 Å². The van der Waals surface area contributed by atoms with E-state index >= 15 is 0 Å². The number of ether oxygens (including phenoxy) is 1. The van der Waals surface area contributed by atoms with Crippen LogP contribution in [0.3, 0.4) is 0 Å². The summed E-state index contributed by atoms with van der Waals surface area (Å²) >= 11 is 0. The van der Waals surface area contributed by atoms with Gasteiger partial charge >= 0.3 is 5.97 Å². The van der Waals surface area contributed by atoms with E-state index in [1.165, 1.54) is 64.2 Å². The molecular weight excluding hydrogens is 308 g/mol.